The monoisotopic (exact) mass is 413 g/mol. The van der Waals surface area contributed by atoms with E-state index in [4.69, 9.17) is 14.9 Å². The molecule has 2 unspecified atom stereocenters. The molecule has 0 spiro atoms. The van der Waals surface area contributed by atoms with Gasteiger partial charge in [0.1, 0.15) is 23.0 Å². The zero-order valence-corrected chi connectivity index (χ0v) is 17.3. The van der Waals surface area contributed by atoms with Crippen molar-refractivity contribution in [2.45, 2.75) is 57.5 Å². The third-order valence-corrected chi connectivity index (χ3v) is 5.33. The molecule has 0 bridgehead atoms. The van der Waals surface area contributed by atoms with E-state index in [1.54, 1.807) is 27.3 Å². The second-order valence-corrected chi connectivity index (χ2v) is 8.26. The molecule has 4 rings (SSSR count). The van der Waals surface area contributed by atoms with Gasteiger partial charge in [-0.1, -0.05) is 6.07 Å². The number of aliphatic hydroxyl groups excluding tert-OH is 1. The molecule has 1 aromatic carbocycles. The topological polar surface area (TPSA) is 129 Å². The summed E-state index contributed by atoms with van der Waals surface area (Å²) < 4.78 is 13.4. The minimum absolute atomic E-state index is 0.0338. The Labute approximate surface area is 173 Å². The Kier molecular flexibility index (Phi) is 5.25. The lowest BCUT2D eigenvalue weighted by Gasteiger charge is -2.17. The number of methoxy groups -OCH3 is 1. The minimum Gasteiger partial charge on any atom is -0.493 e. The molecule has 2 atom stereocenters. The molecule has 0 amide bonds. The average molecular weight is 413 g/mol. The number of hydrogen-bond donors (Lipinski definition) is 4. The van der Waals surface area contributed by atoms with E-state index < -0.39 is 5.60 Å². The molecule has 0 radical (unpaired) electrons. The number of fused-ring (bicyclic) bond motifs is 1. The fourth-order valence-corrected chi connectivity index (χ4v) is 3.70. The van der Waals surface area contributed by atoms with E-state index in [1.165, 1.54) is 0 Å². The lowest BCUT2D eigenvalue weighted by Crippen LogP contribution is -2.17. The van der Waals surface area contributed by atoms with E-state index in [9.17, 15) is 10.2 Å². The first kappa shape index (κ1) is 20.4. The molecule has 1 saturated carbocycles. The summed E-state index contributed by atoms with van der Waals surface area (Å²) in [6.07, 6.45) is 3.39. The Bertz CT molecular complexity index is 1110. The number of rotatable bonds is 6. The zero-order chi connectivity index (χ0) is 21.5. The van der Waals surface area contributed by atoms with Gasteiger partial charge in [0.2, 0.25) is 0 Å². The second kappa shape index (κ2) is 7.73. The van der Waals surface area contributed by atoms with Crippen LogP contribution in [0.5, 0.6) is 11.5 Å². The molecule has 30 heavy (non-hydrogen) atoms. The van der Waals surface area contributed by atoms with Gasteiger partial charge in [-0.15, -0.1) is 0 Å². The van der Waals surface area contributed by atoms with Crippen molar-refractivity contribution in [2.75, 3.05) is 7.11 Å². The normalized spacial score (nSPS) is 19.4. The fourth-order valence-electron chi connectivity index (χ4n) is 3.70. The molecule has 0 aliphatic heterocycles. The second-order valence-electron chi connectivity index (χ2n) is 8.26. The van der Waals surface area contributed by atoms with Crippen LogP contribution in [0.25, 0.3) is 11.2 Å². The molecular weight excluding hydrogens is 386 g/mol. The summed E-state index contributed by atoms with van der Waals surface area (Å²) in [5.41, 5.74) is 0.880. The van der Waals surface area contributed by atoms with E-state index in [2.05, 4.69) is 15.0 Å². The van der Waals surface area contributed by atoms with E-state index >= 15 is 0 Å². The zero-order valence-electron chi connectivity index (χ0n) is 17.3. The van der Waals surface area contributed by atoms with E-state index in [0.29, 0.717) is 41.5 Å². The first-order chi connectivity index (χ1) is 14.2. The molecule has 1 fully saturated rings. The van der Waals surface area contributed by atoms with Crippen LogP contribution in [0.4, 0.5) is 0 Å². The van der Waals surface area contributed by atoms with Crippen LogP contribution in [0, 0.1) is 5.41 Å². The minimum atomic E-state index is -1.16. The molecule has 4 N–H and O–H groups in total. The van der Waals surface area contributed by atoms with E-state index in [-0.39, 0.29) is 17.7 Å². The predicted octanol–water partition coefficient (Wildman–Crippen LogP) is 1.82. The van der Waals surface area contributed by atoms with Gasteiger partial charge < -0.3 is 29.2 Å². The molecule has 9 nitrogen and oxygen atoms in total. The summed E-state index contributed by atoms with van der Waals surface area (Å²) in [5, 5.41) is 28.1. The van der Waals surface area contributed by atoms with Crippen molar-refractivity contribution < 1.29 is 19.7 Å². The van der Waals surface area contributed by atoms with Gasteiger partial charge in [-0.25, -0.2) is 9.97 Å². The van der Waals surface area contributed by atoms with Gasteiger partial charge in [-0.2, -0.15) is 0 Å². The molecule has 9 heteroatoms. The number of benzene rings is 1. The number of H-pyrrole nitrogens is 1. The Morgan fingerprint density at radius 1 is 1.30 bits per heavy atom. The first-order valence-electron chi connectivity index (χ1n) is 9.99. The number of imidazole rings is 1. The van der Waals surface area contributed by atoms with Gasteiger partial charge in [0.05, 0.1) is 26.1 Å². The standard InChI is InChI=1S/C21H27N5O4/c1-21(2,28)20-24-17-18(22)23-11-26(19(17)25-20)10-12-4-7-15(29-3)16(8-12)30-14-6-5-13(27)9-14/h4,7-8,11,13-14,22,27-28H,5-6,9-10H2,1-3H3,(H,24,25). The predicted molar refractivity (Wildman–Crippen MR) is 109 cm³/mol. The number of aromatic nitrogens is 4. The molecule has 2 aromatic heterocycles. The van der Waals surface area contributed by atoms with Gasteiger partial charge in [0.25, 0.3) is 0 Å². The number of ether oxygens (including phenoxy) is 2. The molecule has 0 saturated heterocycles. The van der Waals surface area contributed by atoms with E-state index in [1.807, 2.05) is 22.8 Å². The van der Waals surface area contributed by atoms with Crippen molar-refractivity contribution >= 4 is 11.2 Å². The highest BCUT2D eigenvalue weighted by Crippen LogP contribution is 2.33. The van der Waals surface area contributed by atoms with Crippen LogP contribution < -0.4 is 15.0 Å². The lowest BCUT2D eigenvalue weighted by atomic mass is 10.1. The Hall–Kier alpha value is -2.91. The molecule has 3 aromatic rings. The maximum absolute atomic E-state index is 10.3. The van der Waals surface area contributed by atoms with Crippen molar-refractivity contribution in [1.82, 2.24) is 19.5 Å². The lowest BCUT2D eigenvalue weighted by molar-refractivity contribution is 0.0699. The largest absolute Gasteiger partial charge is 0.493 e. The van der Waals surface area contributed by atoms with Crippen molar-refractivity contribution in [3.05, 3.63) is 41.4 Å². The quantitative estimate of drug-likeness (QED) is 0.488. The number of hydrogen-bond acceptors (Lipinski definition) is 7. The van der Waals surface area contributed by atoms with Crippen molar-refractivity contribution in [1.29, 1.82) is 5.41 Å². The van der Waals surface area contributed by atoms with Gasteiger partial charge >= 0.3 is 0 Å². The molecular formula is C21H27N5O4. The summed E-state index contributed by atoms with van der Waals surface area (Å²) in [6.45, 7) is 3.73. The van der Waals surface area contributed by atoms with Gasteiger partial charge in [0.15, 0.2) is 22.6 Å². The molecule has 2 heterocycles. The fraction of sp³-hybridized carbons (Fsp3) is 0.476. The van der Waals surface area contributed by atoms with Crippen molar-refractivity contribution in [3.63, 3.8) is 0 Å². The third-order valence-electron chi connectivity index (χ3n) is 5.33. The van der Waals surface area contributed by atoms with Crippen LogP contribution in [0.1, 0.15) is 44.5 Å². The van der Waals surface area contributed by atoms with Gasteiger partial charge in [-0.05, 0) is 44.4 Å². The van der Waals surface area contributed by atoms with Crippen molar-refractivity contribution in [2.24, 2.45) is 0 Å². The van der Waals surface area contributed by atoms with Crippen LogP contribution in [-0.4, -0.2) is 49.0 Å². The Balaban J connectivity index is 1.66. The highest BCUT2D eigenvalue weighted by Gasteiger charge is 2.25. The SMILES string of the molecule is COc1ccc(Cn2cnc(=N)c3[nH]c(C(C)(C)O)nc32)cc1OC1CCC(O)C1. The summed E-state index contributed by atoms with van der Waals surface area (Å²) in [5.74, 6) is 1.65. The smallest absolute Gasteiger partial charge is 0.173 e. The third kappa shape index (κ3) is 4.03. The summed E-state index contributed by atoms with van der Waals surface area (Å²) in [4.78, 5) is 11.7. The molecule has 1 aliphatic carbocycles. The summed E-state index contributed by atoms with van der Waals surface area (Å²) in [7, 11) is 1.60. The highest BCUT2D eigenvalue weighted by atomic mass is 16.5. The van der Waals surface area contributed by atoms with Crippen LogP contribution in [0.3, 0.4) is 0 Å². The van der Waals surface area contributed by atoms with Crippen LogP contribution >= 0.6 is 0 Å². The van der Waals surface area contributed by atoms with Crippen LogP contribution in [0.15, 0.2) is 24.5 Å². The summed E-state index contributed by atoms with van der Waals surface area (Å²) >= 11 is 0. The maximum Gasteiger partial charge on any atom is 0.173 e. The number of aliphatic hydroxyl groups is 2. The molecule has 1 aliphatic rings. The van der Waals surface area contributed by atoms with Gasteiger partial charge in [0, 0.05) is 6.42 Å². The van der Waals surface area contributed by atoms with Crippen LogP contribution in [0.2, 0.25) is 0 Å². The Morgan fingerprint density at radius 2 is 2.10 bits per heavy atom. The summed E-state index contributed by atoms with van der Waals surface area (Å²) in [6, 6.07) is 5.71. The number of aromatic amines is 1. The average Bonchev–Trinajstić information content (AvgIpc) is 3.31. The van der Waals surface area contributed by atoms with Crippen LogP contribution in [-0.2, 0) is 12.1 Å². The molecule has 160 valence electrons. The van der Waals surface area contributed by atoms with Gasteiger partial charge in [-0.3, -0.25) is 5.41 Å². The van der Waals surface area contributed by atoms with E-state index in [0.717, 1.165) is 18.4 Å². The van der Waals surface area contributed by atoms with Crippen molar-refractivity contribution in [3.8, 4) is 11.5 Å². The Morgan fingerprint density at radius 3 is 2.77 bits per heavy atom. The first-order valence-corrected chi connectivity index (χ1v) is 9.99. The maximum atomic E-state index is 10.3. The highest BCUT2D eigenvalue weighted by molar-refractivity contribution is 5.69. The number of nitrogens with zero attached hydrogens (tertiary/aromatic N) is 3. The number of nitrogens with one attached hydrogen (secondary N) is 2.